The van der Waals surface area contributed by atoms with Crippen LogP contribution in [0.15, 0.2) is 28.7 Å². The number of nitrogens with zero attached hydrogens (tertiary/aromatic N) is 2. The van der Waals surface area contributed by atoms with E-state index in [0.29, 0.717) is 18.4 Å². The van der Waals surface area contributed by atoms with Gasteiger partial charge in [0.05, 0.1) is 5.92 Å². The van der Waals surface area contributed by atoms with E-state index in [1.807, 2.05) is 18.2 Å². The topological polar surface area (TPSA) is 60.2 Å². The Balaban J connectivity index is 1.58. The van der Waals surface area contributed by atoms with Gasteiger partial charge in [0, 0.05) is 12.0 Å². The molecule has 1 aliphatic heterocycles. The van der Waals surface area contributed by atoms with Crippen LogP contribution >= 0.6 is 0 Å². The third-order valence-corrected chi connectivity index (χ3v) is 3.65. The molecule has 112 valence electrons. The van der Waals surface area contributed by atoms with E-state index in [2.05, 4.69) is 28.5 Å². The van der Waals surface area contributed by atoms with E-state index >= 15 is 0 Å². The zero-order chi connectivity index (χ0) is 14.5. The van der Waals surface area contributed by atoms with Crippen LogP contribution in [0, 0.1) is 0 Å². The number of nitrogens with one attached hydrogen (secondary N) is 1. The van der Waals surface area contributed by atoms with Gasteiger partial charge in [0.1, 0.15) is 12.4 Å². The second kappa shape index (κ2) is 6.72. The van der Waals surface area contributed by atoms with Crippen LogP contribution in [0.3, 0.4) is 0 Å². The zero-order valence-electron chi connectivity index (χ0n) is 12.3. The molecule has 1 aromatic heterocycles. The summed E-state index contributed by atoms with van der Waals surface area (Å²) < 4.78 is 11.5. The molecule has 1 aromatic carbocycles. The minimum atomic E-state index is 0.0701. The van der Waals surface area contributed by atoms with Gasteiger partial charge in [-0.25, -0.2) is 0 Å². The number of hydrogen-bond acceptors (Lipinski definition) is 5. The molecule has 5 nitrogen and oxygen atoms in total. The third kappa shape index (κ3) is 3.24. The van der Waals surface area contributed by atoms with Crippen molar-refractivity contribution in [2.75, 3.05) is 19.7 Å². The van der Waals surface area contributed by atoms with E-state index < -0.39 is 0 Å². The van der Waals surface area contributed by atoms with Crippen molar-refractivity contribution in [2.45, 2.75) is 32.1 Å². The fourth-order valence-corrected chi connectivity index (χ4v) is 2.54. The molecule has 0 spiro atoms. The van der Waals surface area contributed by atoms with E-state index in [-0.39, 0.29) is 5.92 Å². The molecule has 1 unspecified atom stereocenters. The largest absolute Gasteiger partial charge is 0.492 e. The van der Waals surface area contributed by atoms with Crippen molar-refractivity contribution in [3.05, 3.63) is 41.6 Å². The van der Waals surface area contributed by atoms with E-state index in [4.69, 9.17) is 9.15 Å². The molecule has 2 aromatic rings. The molecular formula is C16H21N3O2. The number of para-hydroxylation sites is 1. The summed E-state index contributed by atoms with van der Waals surface area (Å²) in [6.45, 7) is 4.80. The van der Waals surface area contributed by atoms with Gasteiger partial charge in [-0.1, -0.05) is 25.1 Å². The van der Waals surface area contributed by atoms with Crippen LogP contribution in [0.1, 0.15) is 43.0 Å². The molecule has 0 saturated heterocycles. The Kier molecular flexibility index (Phi) is 4.50. The average Bonchev–Trinajstić information content (AvgIpc) is 3.13. The van der Waals surface area contributed by atoms with Gasteiger partial charge in [-0.3, -0.25) is 0 Å². The summed E-state index contributed by atoms with van der Waals surface area (Å²) >= 11 is 0. The first-order chi connectivity index (χ1) is 10.4. The van der Waals surface area contributed by atoms with Crippen LogP contribution in [0.4, 0.5) is 0 Å². The Morgan fingerprint density at radius 2 is 2.14 bits per heavy atom. The van der Waals surface area contributed by atoms with Crippen LogP contribution < -0.4 is 10.1 Å². The SMILES string of the molecule is CCCNCCCc1nnc(C2COc3ccccc32)o1. The molecular weight excluding hydrogens is 266 g/mol. The molecule has 0 amide bonds. The number of benzene rings is 1. The van der Waals surface area contributed by atoms with E-state index in [1.54, 1.807) is 0 Å². The summed E-state index contributed by atoms with van der Waals surface area (Å²) in [6.07, 6.45) is 2.99. The number of hydrogen-bond donors (Lipinski definition) is 1. The van der Waals surface area contributed by atoms with E-state index in [1.165, 1.54) is 0 Å². The molecule has 0 aliphatic carbocycles. The van der Waals surface area contributed by atoms with Crippen molar-refractivity contribution < 1.29 is 9.15 Å². The second-order valence-corrected chi connectivity index (χ2v) is 5.29. The lowest BCUT2D eigenvalue weighted by atomic mass is 10.0. The van der Waals surface area contributed by atoms with Crippen LogP contribution in [0.5, 0.6) is 5.75 Å². The highest BCUT2D eigenvalue weighted by molar-refractivity contribution is 5.42. The van der Waals surface area contributed by atoms with Crippen LogP contribution in [-0.2, 0) is 6.42 Å². The molecule has 1 aliphatic rings. The fourth-order valence-electron chi connectivity index (χ4n) is 2.54. The zero-order valence-corrected chi connectivity index (χ0v) is 12.3. The number of fused-ring (bicyclic) bond motifs is 1. The van der Waals surface area contributed by atoms with Gasteiger partial charge in [-0.15, -0.1) is 10.2 Å². The summed E-state index contributed by atoms with van der Waals surface area (Å²) in [5.74, 6) is 2.37. The molecule has 0 fully saturated rings. The minimum Gasteiger partial charge on any atom is -0.492 e. The summed E-state index contributed by atoms with van der Waals surface area (Å²) in [6, 6.07) is 8.03. The highest BCUT2D eigenvalue weighted by atomic mass is 16.5. The van der Waals surface area contributed by atoms with Crippen molar-refractivity contribution in [1.82, 2.24) is 15.5 Å². The standard InChI is InChI=1S/C16H21N3O2/c1-2-9-17-10-5-8-15-18-19-16(21-15)13-11-20-14-7-4-3-6-12(13)14/h3-4,6-7,13,17H,2,5,8-11H2,1H3. The molecule has 5 heteroatoms. The molecule has 0 saturated carbocycles. The molecule has 0 bridgehead atoms. The Morgan fingerprint density at radius 3 is 3.05 bits per heavy atom. The van der Waals surface area contributed by atoms with Gasteiger partial charge in [0.25, 0.3) is 0 Å². The van der Waals surface area contributed by atoms with Crippen molar-refractivity contribution in [3.8, 4) is 5.75 Å². The first-order valence-electron chi connectivity index (χ1n) is 7.63. The molecule has 3 rings (SSSR count). The van der Waals surface area contributed by atoms with Gasteiger partial charge in [-0.05, 0) is 32.0 Å². The third-order valence-electron chi connectivity index (χ3n) is 3.65. The van der Waals surface area contributed by atoms with Crippen LogP contribution in [-0.4, -0.2) is 29.9 Å². The fraction of sp³-hybridized carbons (Fsp3) is 0.500. The first-order valence-corrected chi connectivity index (χ1v) is 7.63. The Bertz CT molecular complexity index is 582. The summed E-state index contributed by atoms with van der Waals surface area (Å²) in [4.78, 5) is 0. The van der Waals surface area contributed by atoms with Crippen LogP contribution in [0.2, 0.25) is 0 Å². The Morgan fingerprint density at radius 1 is 1.24 bits per heavy atom. The average molecular weight is 287 g/mol. The lowest BCUT2D eigenvalue weighted by molar-refractivity contribution is 0.320. The lowest BCUT2D eigenvalue weighted by Gasteiger charge is -2.02. The minimum absolute atomic E-state index is 0.0701. The van der Waals surface area contributed by atoms with Crippen molar-refractivity contribution in [1.29, 1.82) is 0 Å². The second-order valence-electron chi connectivity index (χ2n) is 5.29. The highest BCUT2D eigenvalue weighted by Crippen LogP contribution is 2.37. The first kappa shape index (κ1) is 14.1. The highest BCUT2D eigenvalue weighted by Gasteiger charge is 2.29. The quantitative estimate of drug-likeness (QED) is 0.793. The summed E-state index contributed by atoms with van der Waals surface area (Å²) in [5.41, 5.74) is 1.14. The van der Waals surface area contributed by atoms with Gasteiger partial charge in [0.15, 0.2) is 0 Å². The maximum Gasteiger partial charge on any atom is 0.227 e. The Hall–Kier alpha value is -1.88. The maximum atomic E-state index is 5.80. The van der Waals surface area contributed by atoms with Gasteiger partial charge in [-0.2, -0.15) is 0 Å². The normalized spacial score (nSPS) is 16.7. The molecule has 2 heterocycles. The molecule has 0 radical (unpaired) electrons. The predicted octanol–water partition coefficient (Wildman–Crippen LogP) is 2.53. The molecule has 21 heavy (non-hydrogen) atoms. The maximum absolute atomic E-state index is 5.80. The number of aromatic nitrogens is 2. The monoisotopic (exact) mass is 287 g/mol. The lowest BCUT2D eigenvalue weighted by Crippen LogP contribution is -2.16. The van der Waals surface area contributed by atoms with Gasteiger partial charge < -0.3 is 14.5 Å². The summed E-state index contributed by atoms with van der Waals surface area (Å²) in [5, 5.41) is 11.7. The predicted molar refractivity (Wildman–Crippen MR) is 79.6 cm³/mol. The van der Waals surface area contributed by atoms with Gasteiger partial charge in [0.2, 0.25) is 11.8 Å². The van der Waals surface area contributed by atoms with E-state index in [9.17, 15) is 0 Å². The Labute approximate surface area is 124 Å². The van der Waals surface area contributed by atoms with Crippen molar-refractivity contribution in [3.63, 3.8) is 0 Å². The number of aryl methyl sites for hydroxylation is 1. The van der Waals surface area contributed by atoms with E-state index in [0.717, 1.165) is 43.7 Å². The van der Waals surface area contributed by atoms with Crippen molar-refractivity contribution in [2.24, 2.45) is 0 Å². The molecule has 1 atom stereocenters. The smallest absolute Gasteiger partial charge is 0.227 e. The van der Waals surface area contributed by atoms with Crippen molar-refractivity contribution >= 4 is 0 Å². The molecule has 1 N–H and O–H groups in total. The van der Waals surface area contributed by atoms with Gasteiger partial charge >= 0.3 is 0 Å². The number of rotatable bonds is 7. The number of ether oxygens (including phenoxy) is 1. The van der Waals surface area contributed by atoms with Crippen LogP contribution in [0.25, 0.3) is 0 Å². The summed E-state index contributed by atoms with van der Waals surface area (Å²) in [7, 11) is 0.